The molecule has 2 aromatic rings. The van der Waals surface area contributed by atoms with Gasteiger partial charge in [-0.15, -0.1) is 0 Å². The number of hydrogen-bond acceptors (Lipinski definition) is 6. The number of rotatable bonds is 4. The van der Waals surface area contributed by atoms with Gasteiger partial charge in [0.25, 0.3) is 0 Å². The van der Waals surface area contributed by atoms with E-state index in [0.29, 0.717) is 18.5 Å². The number of aromatic nitrogens is 4. The second-order valence-electron chi connectivity index (χ2n) is 3.83. The first-order valence-electron chi connectivity index (χ1n) is 5.23. The summed E-state index contributed by atoms with van der Waals surface area (Å²) in [5, 5.41) is 6.95. The van der Waals surface area contributed by atoms with E-state index >= 15 is 0 Å². The molecule has 82 valence electrons. The summed E-state index contributed by atoms with van der Waals surface area (Å²) in [6.45, 7) is 0.590. The van der Waals surface area contributed by atoms with Crippen LogP contribution < -0.4 is 5.32 Å². The van der Waals surface area contributed by atoms with Gasteiger partial charge >= 0.3 is 6.01 Å². The minimum Gasteiger partial charge on any atom is -0.334 e. The van der Waals surface area contributed by atoms with E-state index in [4.69, 9.17) is 4.52 Å². The van der Waals surface area contributed by atoms with E-state index in [0.717, 1.165) is 11.4 Å². The Bertz CT molecular complexity index is 465. The Morgan fingerprint density at radius 1 is 1.31 bits per heavy atom. The molecule has 0 aliphatic heterocycles. The van der Waals surface area contributed by atoms with Crippen LogP contribution in [0, 0.1) is 0 Å². The van der Waals surface area contributed by atoms with Gasteiger partial charge in [-0.3, -0.25) is 0 Å². The van der Waals surface area contributed by atoms with Crippen molar-refractivity contribution in [1.82, 2.24) is 20.1 Å². The average molecular weight is 217 g/mol. The van der Waals surface area contributed by atoms with Gasteiger partial charge in [-0.25, -0.2) is 9.97 Å². The lowest BCUT2D eigenvalue weighted by atomic mass is 10.3. The van der Waals surface area contributed by atoms with Crippen LogP contribution in [0.4, 0.5) is 6.01 Å². The van der Waals surface area contributed by atoms with Crippen LogP contribution in [-0.4, -0.2) is 20.1 Å². The van der Waals surface area contributed by atoms with Crippen molar-refractivity contribution in [1.29, 1.82) is 0 Å². The lowest BCUT2D eigenvalue weighted by Crippen LogP contribution is -2.00. The first-order chi connectivity index (χ1) is 7.92. The van der Waals surface area contributed by atoms with Crippen LogP contribution in [-0.2, 0) is 6.54 Å². The Morgan fingerprint density at radius 2 is 2.12 bits per heavy atom. The number of anilines is 1. The zero-order valence-corrected chi connectivity index (χ0v) is 8.63. The first-order valence-corrected chi connectivity index (χ1v) is 5.23. The SMILES string of the molecule is c1ncc(CNc2nc(C3CC3)no2)cn1. The summed E-state index contributed by atoms with van der Waals surface area (Å²) in [7, 11) is 0. The fourth-order valence-corrected chi connectivity index (χ4v) is 1.41. The summed E-state index contributed by atoms with van der Waals surface area (Å²) in [6, 6.07) is 0.464. The Morgan fingerprint density at radius 3 is 2.88 bits per heavy atom. The Kier molecular flexibility index (Phi) is 2.25. The summed E-state index contributed by atoms with van der Waals surface area (Å²) in [5.41, 5.74) is 0.980. The van der Waals surface area contributed by atoms with E-state index in [9.17, 15) is 0 Å². The molecule has 1 saturated carbocycles. The molecule has 0 atom stereocenters. The molecule has 1 aliphatic rings. The molecule has 0 amide bonds. The summed E-state index contributed by atoms with van der Waals surface area (Å²) in [5.74, 6) is 1.33. The molecule has 16 heavy (non-hydrogen) atoms. The van der Waals surface area contributed by atoms with Crippen molar-refractivity contribution >= 4 is 6.01 Å². The Labute approximate surface area is 92.1 Å². The zero-order chi connectivity index (χ0) is 10.8. The lowest BCUT2D eigenvalue weighted by molar-refractivity contribution is 0.422. The van der Waals surface area contributed by atoms with Gasteiger partial charge in [0, 0.05) is 30.4 Å². The Hall–Kier alpha value is -1.98. The number of hydrogen-bond donors (Lipinski definition) is 1. The minimum absolute atomic E-state index is 0.464. The van der Waals surface area contributed by atoms with E-state index in [1.165, 1.54) is 19.2 Å². The summed E-state index contributed by atoms with van der Waals surface area (Å²) in [4.78, 5) is 12.1. The highest BCUT2D eigenvalue weighted by atomic mass is 16.5. The quantitative estimate of drug-likeness (QED) is 0.832. The highest BCUT2D eigenvalue weighted by Crippen LogP contribution is 2.38. The molecular formula is C10H11N5O. The molecule has 0 unspecified atom stereocenters. The van der Waals surface area contributed by atoms with Gasteiger partial charge in [0.05, 0.1) is 0 Å². The molecule has 0 spiro atoms. The summed E-state index contributed by atoms with van der Waals surface area (Å²) < 4.78 is 5.07. The van der Waals surface area contributed by atoms with Crippen molar-refractivity contribution in [3.05, 3.63) is 30.1 Å². The first kappa shape index (κ1) is 9.26. The third kappa shape index (κ3) is 2.00. The van der Waals surface area contributed by atoms with Gasteiger partial charge in [-0.1, -0.05) is 5.16 Å². The van der Waals surface area contributed by atoms with E-state index in [-0.39, 0.29) is 0 Å². The smallest absolute Gasteiger partial charge is 0.321 e. The molecule has 1 aliphatic carbocycles. The minimum atomic E-state index is 0.464. The van der Waals surface area contributed by atoms with E-state index in [2.05, 4.69) is 25.4 Å². The van der Waals surface area contributed by atoms with Crippen LogP contribution in [0.1, 0.15) is 30.1 Å². The van der Waals surface area contributed by atoms with Crippen LogP contribution in [0.2, 0.25) is 0 Å². The van der Waals surface area contributed by atoms with E-state index in [1.54, 1.807) is 12.4 Å². The van der Waals surface area contributed by atoms with E-state index in [1.807, 2.05) is 0 Å². The van der Waals surface area contributed by atoms with E-state index < -0.39 is 0 Å². The predicted molar refractivity (Wildman–Crippen MR) is 55.6 cm³/mol. The standard InChI is InChI=1S/C10H11N5O/c1-2-8(1)9-14-10(16-15-9)13-5-7-3-11-6-12-4-7/h3-4,6,8H,1-2,5H2,(H,13,14,15). The van der Waals surface area contributed by atoms with Gasteiger partial charge in [0.15, 0.2) is 5.82 Å². The van der Waals surface area contributed by atoms with Gasteiger partial charge in [-0.2, -0.15) is 4.98 Å². The van der Waals surface area contributed by atoms with Crippen LogP contribution in [0.3, 0.4) is 0 Å². The maximum absolute atomic E-state index is 5.07. The molecule has 2 heterocycles. The largest absolute Gasteiger partial charge is 0.334 e. The van der Waals surface area contributed by atoms with Crippen molar-refractivity contribution in [2.45, 2.75) is 25.3 Å². The molecule has 1 fully saturated rings. The third-order valence-electron chi connectivity index (χ3n) is 2.44. The molecular weight excluding hydrogens is 206 g/mol. The van der Waals surface area contributed by atoms with Crippen LogP contribution in [0.5, 0.6) is 0 Å². The molecule has 1 N–H and O–H groups in total. The highest BCUT2D eigenvalue weighted by molar-refractivity contribution is 5.22. The molecule has 6 heteroatoms. The molecule has 3 rings (SSSR count). The molecule has 0 bridgehead atoms. The maximum Gasteiger partial charge on any atom is 0.321 e. The predicted octanol–water partition coefficient (Wildman–Crippen LogP) is 1.35. The van der Waals surface area contributed by atoms with Crippen LogP contribution >= 0.6 is 0 Å². The fourth-order valence-electron chi connectivity index (χ4n) is 1.41. The van der Waals surface area contributed by atoms with Crippen molar-refractivity contribution in [3.8, 4) is 0 Å². The molecule has 2 aromatic heterocycles. The fraction of sp³-hybridized carbons (Fsp3) is 0.400. The highest BCUT2D eigenvalue weighted by Gasteiger charge is 2.28. The zero-order valence-electron chi connectivity index (χ0n) is 8.63. The molecule has 0 aromatic carbocycles. The summed E-state index contributed by atoms with van der Waals surface area (Å²) in [6.07, 6.45) is 7.34. The van der Waals surface area contributed by atoms with Crippen molar-refractivity contribution < 1.29 is 4.52 Å². The van der Waals surface area contributed by atoms with Crippen LogP contribution in [0.15, 0.2) is 23.2 Å². The monoisotopic (exact) mass is 217 g/mol. The normalized spacial score (nSPS) is 15.0. The third-order valence-corrected chi connectivity index (χ3v) is 2.44. The molecule has 6 nitrogen and oxygen atoms in total. The second kappa shape index (κ2) is 3.88. The average Bonchev–Trinajstić information content (AvgIpc) is 3.08. The number of nitrogens with zero attached hydrogens (tertiary/aromatic N) is 4. The van der Waals surface area contributed by atoms with Crippen molar-refractivity contribution in [2.75, 3.05) is 5.32 Å². The second-order valence-corrected chi connectivity index (χ2v) is 3.83. The number of nitrogens with one attached hydrogen (secondary N) is 1. The van der Waals surface area contributed by atoms with Gasteiger partial charge < -0.3 is 9.84 Å². The van der Waals surface area contributed by atoms with Crippen LogP contribution in [0.25, 0.3) is 0 Å². The lowest BCUT2D eigenvalue weighted by Gasteiger charge is -1.98. The topological polar surface area (TPSA) is 76.7 Å². The molecule has 0 radical (unpaired) electrons. The molecule has 0 saturated heterocycles. The van der Waals surface area contributed by atoms with Crippen molar-refractivity contribution in [2.24, 2.45) is 0 Å². The van der Waals surface area contributed by atoms with Gasteiger partial charge in [-0.05, 0) is 12.8 Å². The summed E-state index contributed by atoms with van der Waals surface area (Å²) >= 11 is 0. The Balaban J connectivity index is 1.61. The van der Waals surface area contributed by atoms with Crippen molar-refractivity contribution in [3.63, 3.8) is 0 Å². The maximum atomic E-state index is 5.07. The van der Waals surface area contributed by atoms with Gasteiger partial charge in [0.1, 0.15) is 6.33 Å². The van der Waals surface area contributed by atoms with Gasteiger partial charge in [0.2, 0.25) is 0 Å².